The second-order valence-electron chi connectivity index (χ2n) is 3.35. The van der Waals surface area contributed by atoms with Crippen LogP contribution in [-0.4, -0.2) is 25.2 Å². The first kappa shape index (κ1) is 11.6. The molecule has 15 heavy (non-hydrogen) atoms. The van der Waals surface area contributed by atoms with E-state index in [0.29, 0.717) is 11.6 Å². The van der Waals surface area contributed by atoms with Gasteiger partial charge in [0.2, 0.25) is 5.88 Å². The number of nitrogens with two attached hydrogens (primary N) is 1. The van der Waals surface area contributed by atoms with E-state index in [2.05, 4.69) is 23.7 Å². The Bertz CT molecular complexity index is 315. The highest BCUT2D eigenvalue weighted by Crippen LogP contribution is 2.23. The number of methoxy groups -OCH3 is 1. The summed E-state index contributed by atoms with van der Waals surface area (Å²) < 4.78 is 5.09. The molecule has 0 aliphatic rings. The molecule has 0 aromatic carbocycles. The van der Waals surface area contributed by atoms with Crippen LogP contribution in [0.3, 0.4) is 0 Å². The molecule has 4 nitrogen and oxygen atoms in total. The van der Waals surface area contributed by atoms with Crippen molar-refractivity contribution in [2.75, 3.05) is 30.8 Å². The SMILES string of the molecule is CCCN(CC)c1nc(OC)ccc1N. The van der Waals surface area contributed by atoms with Crippen LogP contribution in [0, 0.1) is 0 Å². The highest BCUT2D eigenvalue weighted by atomic mass is 16.5. The molecule has 0 atom stereocenters. The van der Waals surface area contributed by atoms with Crippen molar-refractivity contribution in [1.29, 1.82) is 0 Å². The van der Waals surface area contributed by atoms with Gasteiger partial charge < -0.3 is 15.4 Å². The minimum absolute atomic E-state index is 0.605. The molecule has 0 bridgehead atoms. The van der Waals surface area contributed by atoms with Gasteiger partial charge in [-0.05, 0) is 19.4 Å². The van der Waals surface area contributed by atoms with Crippen molar-refractivity contribution in [2.24, 2.45) is 0 Å². The van der Waals surface area contributed by atoms with Crippen LogP contribution in [-0.2, 0) is 0 Å². The summed E-state index contributed by atoms with van der Waals surface area (Å²) in [6.07, 6.45) is 1.08. The normalized spacial score (nSPS) is 10.1. The van der Waals surface area contributed by atoms with Crippen LogP contribution in [0.25, 0.3) is 0 Å². The van der Waals surface area contributed by atoms with Gasteiger partial charge in [-0.1, -0.05) is 6.92 Å². The van der Waals surface area contributed by atoms with Crippen molar-refractivity contribution in [2.45, 2.75) is 20.3 Å². The van der Waals surface area contributed by atoms with Crippen LogP contribution in [0.15, 0.2) is 12.1 Å². The highest BCUT2D eigenvalue weighted by molar-refractivity contribution is 5.63. The molecule has 0 aliphatic carbocycles. The quantitative estimate of drug-likeness (QED) is 0.804. The first-order chi connectivity index (χ1) is 7.22. The zero-order valence-corrected chi connectivity index (χ0v) is 9.66. The lowest BCUT2D eigenvalue weighted by Crippen LogP contribution is -2.25. The summed E-state index contributed by atoms with van der Waals surface area (Å²) in [4.78, 5) is 6.51. The number of rotatable bonds is 5. The summed E-state index contributed by atoms with van der Waals surface area (Å²) in [5.74, 6) is 1.42. The van der Waals surface area contributed by atoms with Crippen LogP contribution < -0.4 is 15.4 Å². The van der Waals surface area contributed by atoms with Gasteiger partial charge in [-0.3, -0.25) is 0 Å². The molecule has 1 aromatic rings. The lowest BCUT2D eigenvalue weighted by Gasteiger charge is -2.22. The van der Waals surface area contributed by atoms with Crippen LogP contribution in [0.5, 0.6) is 5.88 Å². The first-order valence-corrected chi connectivity index (χ1v) is 5.28. The molecule has 0 fully saturated rings. The van der Waals surface area contributed by atoms with E-state index in [1.54, 1.807) is 13.2 Å². The number of aromatic nitrogens is 1. The van der Waals surface area contributed by atoms with E-state index in [-0.39, 0.29) is 0 Å². The number of anilines is 2. The predicted molar refractivity (Wildman–Crippen MR) is 63.4 cm³/mol. The van der Waals surface area contributed by atoms with E-state index in [0.717, 1.165) is 25.3 Å². The molecule has 0 saturated carbocycles. The van der Waals surface area contributed by atoms with Gasteiger partial charge in [0.25, 0.3) is 0 Å². The van der Waals surface area contributed by atoms with Gasteiger partial charge in [0.15, 0.2) is 5.82 Å². The van der Waals surface area contributed by atoms with Crippen molar-refractivity contribution >= 4 is 11.5 Å². The molecule has 1 heterocycles. The Morgan fingerprint density at radius 1 is 1.40 bits per heavy atom. The number of hydrogen-bond acceptors (Lipinski definition) is 4. The third-order valence-electron chi connectivity index (χ3n) is 2.26. The molecule has 0 spiro atoms. The Morgan fingerprint density at radius 2 is 2.13 bits per heavy atom. The van der Waals surface area contributed by atoms with Crippen LogP contribution in [0.1, 0.15) is 20.3 Å². The van der Waals surface area contributed by atoms with E-state index in [9.17, 15) is 0 Å². The molecule has 0 amide bonds. The highest BCUT2D eigenvalue weighted by Gasteiger charge is 2.09. The van der Waals surface area contributed by atoms with Crippen LogP contribution >= 0.6 is 0 Å². The maximum absolute atomic E-state index is 5.89. The number of ether oxygens (including phenoxy) is 1. The third-order valence-corrected chi connectivity index (χ3v) is 2.26. The molecular weight excluding hydrogens is 190 g/mol. The Hall–Kier alpha value is -1.45. The van der Waals surface area contributed by atoms with E-state index in [1.807, 2.05) is 6.07 Å². The van der Waals surface area contributed by atoms with Gasteiger partial charge in [0.1, 0.15) is 0 Å². The van der Waals surface area contributed by atoms with Crippen molar-refractivity contribution < 1.29 is 4.74 Å². The Morgan fingerprint density at radius 3 is 2.67 bits per heavy atom. The molecule has 1 aromatic heterocycles. The predicted octanol–water partition coefficient (Wildman–Crippen LogP) is 1.91. The summed E-state index contributed by atoms with van der Waals surface area (Å²) in [5, 5.41) is 0. The largest absolute Gasteiger partial charge is 0.481 e. The molecular formula is C11H19N3O. The monoisotopic (exact) mass is 209 g/mol. The molecule has 4 heteroatoms. The third kappa shape index (κ3) is 2.75. The van der Waals surface area contributed by atoms with Gasteiger partial charge in [-0.2, -0.15) is 4.98 Å². The fourth-order valence-electron chi connectivity index (χ4n) is 1.49. The first-order valence-electron chi connectivity index (χ1n) is 5.28. The van der Waals surface area contributed by atoms with Gasteiger partial charge in [-0.25, -0.2) is 0 Å². The van der Waals surface area contributed by atoms with Crippen molar-refractivity contribution in [3.8, 4) is 5.88 Å². The molecule has 2 N–H and O–H groups in total. The fourth-order valence-corrected chi connectivity index (χ4v) is 1.49. The number of nitrogens with zero attached hydrogens (tertiary/aromatic N) is 2. The van der Waals surface area contributed by atoms with E-state index in [1.165, 1.54) is 0 Å². The number of hydrogen-bond donors (Lipinski definition) is 1. The molecule has 0 aliphatic heterocycles. The average molecular weight is 209 g/mol. The number of pyridine rings is 1. The van der Waals surface area contributed by atoms with Crippen molar-refractivity contribution in [3.63, 3.8) is 0 Å². The lowest BCUT2D eigenvalue weighted by atomic mass is 10.3. The van der Waals surface area contributed by atoms with Crippen LogP contribution in [0.2, 0.25) is 0 Å². The average Bonchev–Trinajstić information content (AvgIpc) is 2.27. The van der Waals surface area contributed by atoms with Gasteiger partial charge in [0.05, 0.1) is 12.8 Å². The maximum atomic E-state index is 5.89. The van der Waals surface area contributed by atoms with E-state index >= 15 is 0 Å². The summed E-state index contributed by atoms with van der Waals surface area (Å²) in [6.45, 7) is 6.09. The zero-order valence-electron chi connectivity index (χ0n) is 9.66. The van der Waals surface area contributed by atoms with Gasteiger partial charge >= 0.3 is 0 Å². The lowest BCUT2D eigenvalue weighted by molar-refractivity contribution is 0.398. The topological polar surface area (TPSA) is 51.4 Å². The summed E-state index contributed by atoms with van der Waals surface area (Å²) in [7, 11) is 1.61. The van der Waals surface area contributed by atoms with E-state index < -0.39 is 0 Å². The second-order valence-corrected chi connectivity index (χ2v) is 3.35. The number of nitrogen functional groups attached to an aromatic ring is 1. The fraction of sp³-hybridized carbons (Fsp3) is 0.545. The van der Waals surface area contributed by atoms with Gasteiger partial charge in [0, 0.05) is 19.2 Å². The molecule has 0 saturated heterocycles. The minimum Gasteiger partial charge on any atom is -0.481 e. The molecule has 84 valence electrons. The van der Waals surface area contributed by atoms with Crippen LogP contribution in [0.4, 0.5) is 11.5 Å². The van der Waals surface area contributed by atoms with Gasteiger partial charge in [-0.15, -0.1) is 0 Å². The second kappa shape index (κ2) is 5.44. The molecule has 0 radical (unpaired) electrons. The maximum Gasteiger partial charge on any atom is 0.215 e. The van der Waals surface area contributed by atoms with E-state index in [4.69, 9.17) is 10.5 Å². The summed E-state index contributed by atoms with van der Waals surface area (Å²) in [5.41, 5.74) is 6.59. The summed E-state index contributed by atoms with van der Waals surface area (Å²) >= 11 is 0. The molecule has 0 unspecified atom stereocenters. The Labute approximate surface area is 91.1 Å². The minimum atomic E-state index is 0.605. The Kier molecular flexibility index (Phi) is 4.21. The standard InChI is InChI=1S/C11H19N3O/c1-4-8-14(5-2)11-9(12)6-7-10(13-11)15-3/h6-7H,4-5,8,12H2,1-3H3. The Balaban J connectivity index is 2.98. The molecule has 1 rings (SSSR count). The zero-order chi connectivity index (χ0) is 11.3. The smallest absolute Gasteiger partial charge is 0.215 e. The van der Waals surface area contributed by atoms with Crippen molar-refractivity contribution in [3.05, 3.63) is 12.1 Å². The summed E-state index contributed by atoms with van der Waals surface area (Å²) in [6, 6.07) is 3.61. The van der Waals surface area contributed by atoms with Crippen molar-refractivity contribution in [1.82, 2.24) is 4.98 Å².